The van der Waals surface area contributed by atoms with E-state index in [0.29, 0.717) is 44.2 Å². The van der Waals surface area contributed by atoms with Gasteiger partial charge in [0.25, 0.3) is 0 Å². The van der Waals surface area contributed by atoms with E-state index >= 15 is 0 Å². The highest BCUT2D eigenvalue weighted by Gasteiger charge is 2.29. The van der Waals surface area contributed by atoms with Gasteiger partial charge in [0.1, 0.15) is 23.8 Å². The van der Waals surface area contributed by atoms with Crippen molar-refractivity contribution >= 4 is 66.6 Å². The van der Waals surface area contributed by atoms with E-state index in [-0.39, 0.29) is 18.2 Å². The van der Waals surface area contributed by atoms with E-state index in [0.717, 1.165) is 41.6 Å². The van der Waals surface area contributed by atoms with E-state index in [1.807, 2.05) is 30.5 Å². The number of aliphatic imine (C=N–C) groups is 1. The molecule has 1 saturated heterocycles. The van der Waals surface area contributed by atoms with Gasteiger partial charge in [-0.25, -0.2) is 14.4 Å². The van der Waals surface area contributed by atoms with Gasteiger partial charge in [-0.2, -0.15) is 10.5 Å². The fourth-order valence-electron chi connectivity index (χ4n) is 5.85. The average molecular weight is 750 g/mol. The van der Waals surface area contributed by atoms with Crippen molar-refractivity contribution in [2.75, 3.05) is 30.8 Å². The van der Waals surface area contributed by atoms with E-state index in [1.54, 1.807) is 25.3 Å². The summed E-state index contributed by atoms with van der Waals surface area (Å²) in [5.74, 6) is 2.08. The van der Waals surface area contributed by atoms with Crippen molar-refractivity contribution in [3.63, 3.8) is 0 Å². The number of alkyl halides is 1. The van der Waals surface area contributed by atoms with Gasteiger partial charge < -0.3 is 30.1 Å². The second-order valence-electron chi connectivity index (χ2n) is 12.0. The Balaban J connectivity index is 0.000000183. The SMILES string of the molecule is CCC(F)/N=C/C(=C\N)Nc1ncc2oc(C#N)cc2c1Br.CN1CCC(Nc2cc3cc(C#N)oc3cn2)C(c2ccc3cccnc3c2)C1. The number of allylic oxidation sites excluding steroid dienone is 1. The molecule has 51 heavy (non-hydrogen) atoms. The van der Waals surface area contributed by atoms with Gasteiger partial charge in [-0.1, -0.05) is 25.1 Å². The highest BCUT2D eigenvalue weighted by Crippen LogP contribution is 2.33. The Morgan fingerprint density at radius 2 is 1.88 bits per heavy atom. The van der Waals surface area contributed by atoms with Crippen LogP contribution in [0.1, 0.15) is 42.8 Å². The lowest BCUT2D eigenvalue weighted by Crippen LogP contribution is -2.43. The molecule has 3 atom stereocenters. The summed E-state index contributed by atoms with van der Waals surface area (Å²) in [7, 11) is 2.17. The molecule has 7 rings (SSSR count). The van der Waals surface area contributed by atoms with Gasteiger partial charge in [-0.15, -0.1) is 0 Å². The number of hydrogen-bond donors (Lipinski definition) is 3. The van der Waals surface area contributed by atoms with Crippen LogP contribution in [0.4, 0.5) is 16.0 Å². The Labute approximate surface area is 301 Å². The maximum Gasteiger partial charge on any atom is 0.204 e. The van der Waals surface area contributed by atoms with Crippen molar-refractivity contribution in [3.05, 3.63) is 101 Å². The molecule has 0 spiro atoms. The topological polar surface area (TPSA) is 178 Å². The molecule has 6 aromatic rings. The van der Waals surface area contributed by atoms with E-state index in [4.69, 9.17) is 25.1 Å². The maximum atomic E-state index is 13.1. The van der Waals surface area contributed by atoms with E-state index in [9.17, 15) is 4.39 Å². The van der Waals surface area contributed by atoms with Gasteiger partial charge in [-0.05, 0) is 66.1 Å². The fraction of sp³-hybridized carbons (Fsp3) is 0.243. The second-order valence-corrected chi connectivity index (χ2v) is 12.8. The van der Waals surface area contributed by atoms with Gasteiger partial charge in [0.15, 0.2) is 17.5 Å². The fourth-order valence-corrected chi connectivity index (χ4v) is 6.36. The third-order valence-corrected chi connectivity index (χ3v) is 9.31. The zero-order valence-corrected chi connectivity index (χ0v) is 29.4. The molecule has 0 aliphatic carbocycles. The molecule has 1 aromatic carbocycles. The standard InChI is InChI=1S/C23H21N5O.C14H13BrFN5O/c1-28-8-6-20(27-23-11-17-9-18(12-24)29-22(17)13-26-23)19(14-28)16-5-4-15-3-2-7-25-21(15)10-16;1-2-12(16)19-6-8(4-17)21-14-13(15)10-3-9(5-18)22-11(10)7-20-14/h2-5,7,9-11,13,19-20H,6,8,14H2,1H3,(H,26,27);3-4,6-7,12H,2,17H2,1H3,(H,20,21)/b;8-4+,19-6+. The minimum absolute atomic E-state index is 0.189. The predicted molar refractivity (Wildman–Crippen MR) is 199 cm³/mol. The van der Waals surface area contributed by atoms with Gasteiger partial charge in [-0.3, -0.25) is 9.98 Å². The van der Waals surface area contributed by atoms with Crippen molar-refractivity contribution < 1.29 is 13.2 Å². The molecule has 5 aromatic heterocycles. The molecular formula is C37H34BrFN10O2. The summed E-state index contributed by atoms with van der Waals surface area (Å²) in [4.78, 5) is 19.3. The third kappa shape index (κ3) is 8.15. The zero-order valence-electron chi connectivity index (χ0n) is 27.8. The number of rotatable bonds is 8. The van der Waals surface area contributed by atoms with Crippen LogP contribution >= 0.6 is 15.9 Å². The highest BCUT2D eigenvalue weighted by molar-refractivity contribution is 9.10. The summed E-state index contributed by atoms with van der Waals surface area (Å²) < 4.78 is 24.5. The van der Waals surface area contributed by atoms with Crippen LogP contribution < -0.4 is 16.4 Å². The Hall–Kier alpha value is -5.83. The molecule has 3 unspecified atom stereocenters. The second kappa shape index (κ2) is 15.8. The Kier molecular flexibility index (Phi) is 10.8. The largest absolute Gasteiger partial charge is 0.444 e. The van der Waals surface area contributed by atoms with Gasteiger partial charge in [0.05, 0.1) is 28.1 Å². The van der Waals surface area contributed by atoms with Crippen LogP contribution in [0, 0.1) is 22.7 Å². The number of halogens is 2. The van der Waals surface area contributed by atoms with Crippen LogP contribution in [-0.2, 0) is 0 Å². The Morgan fingerprint density at radius 1 is 1.10 bits per heavy atom. The van der Waals surface area contributed by atoms with E-state index in [2.05, 4.69) is 82.7 Å². The maximum absolute atomic E-state index is 13.1. The summed E-state index contributed by atoms with van der Waals surface area (Å²) in [6.45, 7) is 3.70. The number of anilines is 2. The minimum atomic E-state index is -1.28. The minimum Gasteiger partial charge on any atom is -0.444 e. The first kappa shape index (κ1) is 35.0. The monoisotopic (exact) mass is 748 g/mol. The number of fused-ring (bicyclic) bond motifs is 3. The van der Waals surface area contributed by atoms with Gasteiger partial charge >= 0.3 is 0 Å². The Morgan fingerprint density at radius 3 is 2.67 bits per heavy atom. The van der Waals surface area contributed by atoms with Crippen LogP contribution in [0.5, 0.6) is 0 Å². The quantitative estimate of drug-likeness (QED) is 0.103. The number of piperidine rings is 1. The van der Waals surface area contributed by atoms with Crippen LogP contribution in [0.25, 0.3) is 32.8 Å². The number of likely N-dealkylation sites (N-methyl/N-ethyl adjacent to an activating group) is 1. The third-order valence-electron chi connectivity index (χ3n) is 8.50. The van der Waals surface area contributed by atoms with Crippen molar-refractivity contribution in [1.29, 1.82) is 10.5 Å². The van der Waals surface area contributed by atoms with Crippen LogP contribution in [0.3, 0.4) is 0 Å². The number of pyridine rings is 3. The number of nitriles is 2. The zero-order chi connectivity index (χ0) is 35.9. The lowest BCUT2D eigenvalue weighted by Gasteiger charge is -2.37. The Bertz CT molecular complexity index is 2320. The van der Waals surface area contributed by atoms with Crippen LogP contribution in [0.2, 0.25) is 0 Å². The van der Waals surface area contributed by atoms with Crippen molar-refractivity contribution in [3.8, 4) is 12.1 Å². The molecule has 1 aliphatic rings. The van der Waals surface area contributed by atoms with Crippen LogP contribution in [0.15, 0.2) is 97.3 Å². The molecule has 0 saturated carbocycles. The number of hydrogen-bond acceptors (Lipinski definition) is 12. The van der Waals surface area contributed by atoms with Crippen molar-refractivity contribution in [1.82, 2.24) is 19.9 Å². The van der Waals surface area contributed by atoms with E-state index < -0.39 is 6.30 Å². The van der Waals surface area contributed by atoms with Crippen molar-refractivity contribution in [2.24, 2.45) is 10.7 Å². The highest BCUT2D eigenvalue weighted by atomic mass is 79.9. The lowest BCUT2D eigenvalue weighted by molar-refractivity contribution is 0.236. The number of nitrogens with one attached hydrogen (secondary N) is 2. The molecule has 0 bridgehead atoms. The molecule has 12 nitrogen and oxygen atoms in total. The summed E-state index contributed by atoms with van der Waals surface area (Å²) in [6, 6.07) is 20.2. The molecule has 258 valence electrons. The molecule has 14 heteroatoms. The molecule has 6 heterocycles. The molecule has 0 amide bonds. The summed E-state index contributed by atoms with van der Waals surface area (Å²) in [6.07, 6.45) is 7.62. The number of likely N-dealkylation sites (tertiary alicyclic amines) is 1. The van der Waals surface area contributed by atoms with E-state index in [1.165, 1.54) is 24.2 Å². The number of nitrogens with two attached hydrogens (primary N) is 1. The molecule has 0 radical (unpaired) electrons. The first-order valence-electron chi connectivity index (χ1n) is 16.2. The van der Waals surface area contributed by atoms with Crippen LogP contribution in [-0.4, -0.2) is 58.5 Å². The first-order chi connectivity index (χ1) is 24.8. The van der Waals surface area contributed by atoms with Gasteiger partial charge in [0, 0.05) is 65.4 Å². The summed E-state index contributed by atoms with van der Waals surface area (Å²) in [5, 5.41) is 27.2. The lowest BCUT2D eigenvalue weighted by atomic mass is 9.85. The summed E-state index contributed by atoms with van der Waals surface area (Å²) >= 11 is 3.39. The normalized spacial score (nSPS) is 17.2. The smallest absolute Gasteiger partial charge is 0.204 e. The number of aromatic nitrogens is 3. The molecular weight excluding hydrogens is 715 g/mol. The molecule has 4 N–H and O–H groups in total. The van der Waals surface area contributed by atoms with Gasteiger partial charge in [0.2, 0.25) is 11.5 Å². The number of furan rings is 2. The van der Waals surface area contributed by atoms with Crippen molar-refractivity contribution in [2.45, 2.75) is 38.0 Å². The summed E-state index contributed by atoms with van der Waals surface area (Å²) in [5.41, 5.74) is 9.32. The molecule has 1 aliphatic heterocycles. The molecule has 1 fully saturated rings. The average Bonchev–Trinajstić information content (AvgIpc) is 3.79. The predicted octanol–water partition coefficient (Wildman–Crippen LogP) is 7.60. The first-order valence-corrected chi connectivity index (χ1v) is 17.0. The number of nitrogens with zero attached hydrogens (tertiary/aromatic N) is 7. The number of benzene rings is 1.